The van der Waals surface area contributed by atoms with E-state index in [4.69, 9.17) is 0 Å². The van der Waals surface area contributed by atoms with Crippen LogP contribution in [0.3, 0.4) is 0 Å². The van der Waals surface area contributed by atoms with E-state index < -0.39 is 78.3 Å². The number of aromatic nitrogens is 3. The summed E-state index contributed by atoms with van der Waals surface area (Å²) in [6.07, 6.45) is 0.0201. The summed E-state index contributed by atoms with van der Waals surface area (Å²) in [7, 11) is 0. The molecule has 0 radical (unpaired) electrons. The highest BCUT2D eigenvalue weighted by Gasteiger charge is 2.43. The average Bonchev–Trinajstić information content (AvgIpc) is 3.69. The summed E-state index contributed by atoms with van der Waals surface area (Å²) in [6, 6.07) is 9.78. The molecule has 1 aromatic heterocycles. The van der Waals surface area contributed by atoms with Gasteiger partial charge in [0.25, 0.3) is 0 Å². The molecule has 5 rings (SSSR count). The zero-order chi connectivity index (χ0) is 35.9. The van der Waals surface area contributed by atoms with Gasteiger partial charge in [0, 0.05) is 12.6 Å². The molecule has 6 amide bonds. The number of aliphatic hydroxyl groups excluding tert-OH is 1. The Bertz CT molecular complexity index is 1700. The number of aliphatic hydroxyl groups is 1. The van der Waals surface area contributed by atoms with Gasteiger partial charge in [-0.2, -0.15) is 15.0 Å². The molecule has 3 aromatic rings. The van der Waals surface area contributed by atoms with Crippen molar-refractivity contribution in [2.24, 2.45) is 5.92 Å². The normalized spacial score (nSPS) is 25.5. The summed E-state index contributed by atoms with van der Waals surface area (Å²) in [4.78, 5) is 83.3. The van der Waals surface area contributed by atoms with Gasteiger partial charge < -0.3 is 36.6 Å². The number of rotatable bonds is 7. The fourth-order valence-corrected chi connectivity index (χ4v) is 6.22. The van der Waals surface area contributed by atoms with Crippen LogP contribution in [0, 0.1) is 5.92 Å². The van der Waals surface area contributed by atoms with E-state index in [1.165, 1.54) is 16.6 Å². The van der Waals surface area contributed by atoms with E-state index in [1.54, 1.807) is 54.6 Å². The second-order valence-corrected chi connectivity index (χ2v) is 13.1. The van der Waals surface area contributed by atoms with E-state index >= 15 is 0 Å². The third-order valence-corrected chi connectivity index (χ3v) is 8.68. The summed E-state index contributed by atoms with van der Waals surface area (Å²) in [5.41, 5.74) is 1.88. The second-order valence-electron chi connectivity index (χ2n) is 13.1. The van der Waals surface area contributed by atoms with Crippen molar-refractivity contribution in [2.75, 3.05) is 13.2 Å². The molecule has 16 nitrogen and oxygen atoms in total. The summed E-state index contributed by atoms with van der Waals surface area (Å²) < 4.78 is 0. The monoisotopic (exact) mass is 689 g/mol. The fourth-order valence-electron chi connectivity index (χ4n) is 6.22. The molecule has 0 unspecified atom stereocenters. The molecule has 2 aliphatic heterocycles. The minimum atomic E-state index is -1.45. The van der Waals surface area contributed by atoms with E-state index in [0.29, 0.717) is 16.6 Å². The molecule has 2 saturated heterocycles. The van der Waals surface area contributed by atoms with E-state index in [-0.39, 0.29) is 38.3 Å². The van der Waals surface area contributed by atoms with Crippen LogP contribution in [0.4, 0.5) is 0 Å². The summed E-state index contributed by atoms with van der Waals surface area (Å²) >= 11 is 0. The lowest BCUT2D eigenvalue weighted by Gasteiger charge is -2.30. The molecule has 6 atom stereocenters. The molecule has 0 spiro atoms. The van der Waals surface area contributed by atoms with Crippen LogP contribution in [0.2, 0.25) is 0 Å². The maximum atomic E-state index is 13.9. The summed E-state index contributed by atoms with van der Waals surface area (Å²) in [5, 5.41) is 32.5. The third kappa shape index (κ3) is 8.80. The average molecular weight is 690 g/mol. The SMILES string of the molecule is CC(C)C[C@@H]1NC(=O)C[C@@H](c2ccccc2)NC(=O)[C@H](C)NC(=O)[C@@H]2C[C@H](NC(=O)Cn3nc4ccccc4n3)CN2C(=O)[C@H](CO)NC1=O. The molecule has 16 heteroatoms. The first kappa shape index (κ1) is 35.9. The van der Waals surface area contributed by atoms with Crippen molar-refractivity contribution >= 4 is 46.5 Å². The molecule has 0 saturated carbocycles. The molecule has 0 aliphatic carbocycles. The maximum Gasteiger partial charge on any atom is 0.248 e. The van der Waals surface area contributed by atoms with Gasteiger partial charge in [-0.25, -0.2) is 0 Å². The van der Waals surface area contributed by atoms with Crippen LogP contribution in [0.5, 0.6) is 0 Å². The lowest BCUT2D eigenvalue weighted by atomic mass is 10.00. The predicted molar refractivity (Wildman–Crippen MR) is 180 cm³/mol. The highest BCUT2D eigenvalue weighted by Crippen LogP contribution is 2.22. The summed E-state index contributed by atoms with van der Waals surface area (Å²) in [6.45, 7) is 4.10. The summed E-state index contributed by atoms with van der Waals surface area (Å²) in [5.74, 6) is -3.70. The van der Waals surface area contributed by atoms with Crippen molar-refractivity contribution in [3.05, 3.63) is 60.2 Å². The molecular formula is C34H43N9O7. The first-order valence-corrected chi connectivity index (χ1v) is 16.7. The number of carbonyl (C=O) groups excluding carboxylic acids is 6. The van der Waals surface area contributed by atoms with Gasteiger partial charge in [0.05, 0.1) is 19.1 Å². The van der Waals surface area contributed by atoms with Crippen LogP contribution < -0.4 is 26.6 Å². The Morgan fingerprint density at radius 1 is 0.880 bits per heavy atom. The molecule has 6 N–H and O–H groups in total. The van der Waals surface area contributed by atoms with Gasteiger partial charge >= 0.3 is 0 Å². The Hall–Kier alpha value is -5.38. The molecule has 2 aromatic carbocycles. The van der Waals surface area contributed by atoms with Crippen LogP contribution in [0.1, 0.15) is 51.6 Å². The van der Waals surface area contributed by atoms with E-state index in [0.717, 1.165) is 0 Å². The Kier molecular flexibility index (Phi) is 11.4. The maximum absolute atomic E-state index is 13.9. The standard InChI is InChI=1S/C34H43N9O7/c1-19(2)13-26-32(48)39-27(18-44)34(50)42-16-22(36-30(46)17-43-40-23-11-7-8-12-24(23)41-43)14-28(42)33(49)35-20(3)31(47)38-25(15-29(45)37-26)21-9-5-4-6-10-21/h4-12,19-20,22,25-28,44H,13-18H2,1-3H3,(H,35,49)(H,36,46)(H,37,45)(H,38,47)(H,39,48)/t20-,22-,25-,26-,27-,28-/m0/s1. The Morgan fingerprint density at radius 3 is 2.18 bits per heavy atom. The van der Waals surface area contributed by atoms with Crippen LogP contribution >= 0.6 is 0 Å². The number of carbonyl (C=O) groups is 6. The van der Waals surface area contributed by atoms with Crippen LogP contribution in [0.25, 0.3) is 11.0 Å². The second kappa shape index (κ2) is 15.9. The quantitative estimate of drug-likeness (QED) is 0.185. The largest absolute Gasteiger partial charge is 0.394 e. The zero-order valence-electron chi connectivity index (χ0n) is 28.2. The van der Waals surface area contributed by atoms with Crippen molar-refractivity contribution in [2.45, 2.75) is 82.8 Å². The zero-order valence-corrected chi connectivity index (χ0v) is 28.2. The number of nitrogens with one attached hydrogen (secondary N) is 5. The van der Waals surface area contributed by atoms with Crippen LogP contribution in [-0.4, -0.2) is 104 Å². The lowest BCUT2D eigenvalue weighted by Crippen LogP contribution is -2.59. The minimum Gasteiger partial charge on any atom is -0.394 e. The lowest BCUT2D eigenvalue weighted by molar-refractivity contribution is -0.143. The third-order valence-electron chi connectivity index (χ3n) is 8.68. The van der Waals surface area contributed by atoms with E-state index in [1.807, 2.05) is 13.8 Å². The number of benzene rings is 2. The molecule has 0 bridgehead atoms. The van der Waals surface area contributed by atoms with Crippen molar-refractivity contribution in [3.8, 4) is 0 Å². The smallest absolute Gasteiger partial charge is 0.248 e. The molecular weight excluding hydrogens is 646 g/mol. The van der Waals surface area contributed by atoms with E-state index in [9.17, 15) is 33.9 Å². The van der Waals surface area contributed by atoms with Gasteiger partial charge in [0.1, 0.15) is 41.7 Å². The number of amides is 6. The topological polar surface area (TPSA) is 217 Å². The van der Waals surface area contributed by atoms with Crippen molar-refractivity contribution < 1.29 is 33.9 Å². The molecule has 2 aliphatic rings. The highest BCUT2D eigenvalue weighted by molar-refractivity contribution is 5.96. The van der Waals surface area contributed by atoms with Gasteiger partial charge in [0.15, 0.2) is 0 Å². The highest BCUT2D eigenvalue weighted by atomic mass is 16.3. The van der Waals surface area contributed by atoms with Crippen LogP contribution in [-0.2, 0) is 35.3 Å². The number of hydrogen-bond donors (Lipinski definition) is 6. The van der Waals surface area contributed by atoms with E-state index in [2.05, 4.69) is 36.8 Å². The predicted octanol–water partition coefficient (Wildman–Crippen LogP) is -0.709. The van der Waals surface area contributed by atoms with Gasteiger partial charge in [-0.1, -0.05) is 56.3 Å². The van der Waals surface area contributed by atoms with Crippen molar-refractivity contribution in [1.29, 1.82) is 0 Å². The molecule has 50 heavy (non-hydrogen) atoms. The Morgan fingerprint density at radius 2 is 1.54 bits per heavy atom. The Labute approximate surface area is 288 Å². The van der Waals surface area contributed by atoms with Gasteiger partial charge in [0.2, 0.25) is 35.4 Å². The first-order chi connectivity index (χ1) is 23.9. The number of nitrogens with zero attached hydrogens (tertiary/aromatic N) is 4. The number of fused-ring (bicyclic) bond motifs is 2. The minimum absolute atomic E-state index is 0.00304. The first-order valence-electron chi connectivity index (χ1n) is 16.7. The molecule has 266 valence electrons. The van der Waals surface area contributed by atoms with Gasteiger partial charge in [-0.15, -0.1) is 0 Å². The molecule has 3 heterocycles. The molecule has 2 fully saturated rings. The Balaban J connectivity index is 1.40. The van der Waals surface area contributed by atoms with Crippen molar-refractivity contribution in [1.82, 2.24) is 46.5 Å². The van der Waals surface area contributed by atoms with Gasteiger partial charge in [-0.05, 0) is 43.4 Å². The van der Waals surface area contributed by atoms with Crippen molar-refractivity contribution in [3.63, 3.8) is 0 Å². The fraction of sp³-hybridized carbons (Fsp3) is 0.471. The van der Waals surface area contributed by atoms with Gasteiger partial charge in [-0.3, -0.25) is 28.8 Å². The van der Waals surface area contributed by atoms with Crippen LogP contribution in [0.15, 0.2) is 54.6 Å². The number of hydrogen-bond acceptors (Lipinski definition) is 9.